The van der Waals surface area contributed by atoms with Crippen LogP contribution in [-0.2, 0) is 16.2 Å². The maximum atomic E-state index is 13.1. The van der Waals surface area contributed by atoms with Crippen molar-refractivity contribution in [1.82, 2.24) is 9.29 Å². The molecule has 23 heavy (non-hydrogen) atoms. The minimum Gasteiger partial charge on any atom is -0.393 e. The molecule has 0 bridgehead atoms. The summed E-state index contributed by atoms with van der Waals surface area (Å²) in [5.74, 6) is 0.116. The second kappa shape index (κ2) is 5.71. The fourth-order valence-corrected chi connectivity index (χ4v) is 4.98. The molecule has 0 unspecified atom stereocenters. The number of aliphatic hydroxyl groups excluding tert-OH is 1. The Kier molecular flexibility index (Phi) is 4.14. The van der Waals surface area contributed by atoms with Crippen molar-refractivity contribution in [3.8, 4) is 0 Å². The van der Waals surface area contributed by atoms with Crippen LogP contribution in [0.1, 0.15) is 31.4 Å². The normalized spacial score (nSPS) is 27.1. The SMILES string of the molecule is O=S(=O)(c1cccnc1C(F)(F)F)N1CC[C@@H](O)C[C@@H]1C1CC1. The maximum absolute atomic E-state index is 13.1. The van der Waals surface area contributed by atoms with Crippen LogP contribution >= 0.6 is 0 Å². The fourth-order valence-electron chi connectivity index (χ4n) is 3.10. The Hall–Kier alpha value is -1.19. The van der Waals surface area contributed by atoms with Gasteiger partial charge in [-0.15, -0.1) is 0 Å². The van der Waals surface area contributed by atoms with Crippen molar-refractivity contribution < 1.29 is 26.7 Å². The Labute approximate surface area is 132 Å². The average Bonchev–Trinajstić information content (AvgIpc) is 3.30. The van der Waals surface area contributed by atoms with Gasteiger partial charge in [0, 0.05) is 18.8 Å². The van der Waals surface area contributed by atoms with Gasteiger partial charge in [-0.1, -0.05) is 0 Å². The number of aliphatic hydroxyl groups is 1. The predicted molar refractivity (Wildman–Crippen MR) is 74.9 cm³/mol. The van der Waals surface area contributed by atoms with E-state index in [-0.39, 0.29) is 25.3 Å². The van der Waals surface area contributed by atoms with Gasteiger partial charge in [0.15, 0.2) is 5.69 Å². The van der Waals surface area contributed by atoms with E-state index < -0.39 is 38.9 Å². The molecule has 1 N–H and O–H groups in total. The number of sulfonamides is 1. The van der Waals surface area contributed by atoms with Crippen LogP contribution in [0.4, 0.5) is 13.2 Å². The summed E-state index contributed by atoms with van der Waals surface area (Å²) in [5.41, 5.74) is -1.39. The number of halogens is 3. The van der Waals surface area contributed by atoms with E-state index in [4.69, 9.17) is 0 Å². The van der Waals surface area contributed by atoms with Crippen LogP contribution in [0.2, 0.25) is 0 Å². The van der Waals surface area contributed by atoms with Crippen molar-refractivity contribution in [1.29, 1.82) is 0 Å². The number of aromatic nitrogens is 1. The van der Waals surface area contributed by atoms with Gasteiger partial charge in [-0.2, -0.15) is 17.5 Å². The van der Waals surface area contributed by atoms with Crippen LogP contribution in [0.5, 0.6) is 0 Å². The lowest BCUT2D eigenvalue weighted by molar-refractivity contribution is -0.143. The second-order valence-corrected chi connectivity index (χ2v) is 7.91. The summed E-state index contributed by atoms with van der Waals surface area (Å²) in [4.78, 5) is 2.42. The summed E-state index contributed by atoms with van der Waals surface area (Å²) in [5, 5.41) is 9.78. The molecular weight excluding hydrogens is 333 g/mol. The van der Waals surface area contributed by atoms with E-state index in [1.165, 1.54) is 6.07 Å². The van der Waals surface area contributed by atoms with Crippen LogP contribution in [0.15, 0.2) is 23.2 Å². The predicted octanol–water partition coefficient (Wildman–Crippen LogP) is 2.02. The van der Waals surface area contributed by atoms with Crippen LogP contribution in [0.3, 0.4) is 0 Å². The zero-order valence-electron chi connectivity index (χ0n) is 12.2. The van der Waals surface area contributed by atoms with Crippen molar-refractivity contribution in [2.75, 3.05) is 6.54 Å². The number of alkyl halides is 3. The van der Waals surface area contributed by atoms with E-state index in [2.05, 4.69) is 4.98 Å². The first-order valence-corrected chi connectivity index (χ1v) is 8.87. The standard InChI is InChI=1S/C14H17F3N2O3S/c15-14(16,17)13-12(2-1-6-18-13)23(21,22)19-7-5-10(20)8-11(19)9-3-4-9/h1-2,6,9-11,20H,3-5,7-8H2/t10-,11-/m1/s1. The molecule has 0 amide bonds. The molecule has 0 spiro atoms. The molecule has 3 rings (SSSR count). The fraction of sp³-hybridized carbons (Fsp3) is 0.643. The maximum Gasteiger partial charge on any atom is 0.434 e. The van der Waals surface area contributed by atoms with Crippen molar-refractivity contribution in [3.05, 3.63) is 24.0 Å². The van der Waals surface area contributed by atoms with Gasteiger partial charge in [0.25, 0.3) is 0 Å². The van der Waals surface area contributed by atoms with Gasteiger partial charge in [-0.3, -0.25) is 4.98 Å². The number of rotatable bonds is 3. The van der Waals surface area contributed by atoms with E-state index in [9.17, 15) is 26.7 Å². The number of nitrogens with zero attached hydrogens (tertiary/aromatic N) is 2. The first kappa shape index (κ1) is 16.7. The molecule has 128 valence electrons. The van der Waals surface area contributed by atoms with Gasteiger partial charge in [0.05, 0.1) is 6.10 Å². The van der Waals surface area contributed by atoms with Gasteiger partial charge in [0.1, 0.15) is 4.90 Å². The molecule has 1 aromatic heterocycles. The Morgan fingerprint density at radius 3 is 2.57 bits per heavy atom. The Morgan fingerprint density at radius 1 is 1.26 bits per heavy atom. The molecule has 0 aromatic carbocycles. The molecule has 2 atom stereocenters. The van der Waals surface area contributed by atoms with Gasteiger partial charge in [0.2, 0.25) is 10.0 Å². The average molecular weight is 350 g/mol. The van der Waals surface area contributed by atoms with E-state index in [1.807, 2.05) is 0 Å². The zero-order valence-corrected chi connectivity index (χ0v) is 13.0. The highest BCUT2D eigenvalue weighted by Gasteiger charge is 2.47. The quantitative estimate of drug-likeness (QED) is 0.905. The summed E-state index contributed by atoms with van der Waals surface area (Å²) < 4.78 is 66.0. The van der Waals surface area contributed by atoms with E-state index >= 15 is 0 Å². The molecule has 1 aromatic rings. The van der Waals surface area contributed by atoms with Gasteiger partial charge in [-0.05, 0) is 43.7 Å². The third-order valence-electron chi connectivity index (χ3n) is 4.36. The number of hydrogen-bond donors (Lipinski definition) is 1. The smallest absolute Gasteiger partial charge is 0.393 e. The van der Waals surface area contributed by atoms with Gasteiger partial charge < -0.3 is 5.11 Å². The van der Waals surface area contributed by atoms with E-state index in [0.29, 0.717) is 0 Å². The van der Waals surface area contributed by atoms with Crippen molar-refractivity contribution >= 4 is 10.0 Å². The number of pyridine rings is 1. The largest absolute Gasteiger partial charge is 0.434 e. The van der Waals surface area contributed by atoms with Crippen molar-refractivity contribution in [3.63, 3.8) is 0 Å². The minimum absolute atomic E-state index is 0.0247. The lowest BCUT2D eigenvalue weighted by atomic mass is 9.98. The summed E-state index contributed by atoms with van der Waals surface area (Å²) >= 11 is 0. The summed E-state index contributed by atoms with van der Waals surface area (Å²) in [6.45, 7) is 0.0247. The van der Waals surface area contributed by atoms with Crippen molar-refractivity contribution in [2.24, 2.45) is 5.92 Å². The minimum atomic E-state index is -4.84. The summed E-state index contributed by atoms with van der Waals surface area (Å²) in [6, 6.07) is 1.69. The molecule has 2 fully saturated rings. The Morgan fingerprint density at radius 2 is 1.96 bits per heavy atom. The molecule has 9 heteroatoms. The molecular formula is C14H17F3N2O3S. The third-order valence-corrected chi connectivity index (χ3v) is 6.31. The molecule has 2 aliphatic rings. The first-order valence-electron chi connectivity index (χ1n) is 7.43. The van der Waals surface area contributed by atoms with E-state index in [1.54, 1.807) is 0 Å². The molecule has 1 saturated carbocycles. The van der Waals surface area contributed by atoms with Crippen LogP contribution in [0, 0.1) is 5.92 Å². The number of piperidine rings is 1. The highest BCUT2D eigenvalue weighted by atomic mass is 32.2. The molecule has 0 radical (unpaired) electrons. The number of hydrogen-bond acceptors (Lipinski definition) is 4. The monoisotopic (exact) mass is 350 g/mol. The Balaban J connectivity index is 2.01. The van der Waals surface area contributed by atoms with Crippen molar-refractivity contribution in [2.45, 2.75) is 48.9 Å². The molecule has 5 nitrogen and oxygen atoms in total. The lowest BCUT2D eigenvalue weighted by Crippen LogP contribution is -2.48. The zero-order chi connectivity index (χ0) is 16.8. The van der Waals surface area contributed by atoms with Crippen LogP contribution < -0.4 is 0 Å². The third kappa shape index (κ3) is 3.22. The van der Waals surface area contributed by atoms with Gasteiger partial charge >= 0.3 is 6.18 Å². The highest BCUT2D eigenvalue weighted by molar-refractivity contribution is 7.89. The summed E-state index contributed by atoms with van der Waals surface area (Å²) in [6.07, 6.45) is -2.35. The summed E-state index contributed by atoms with van der Waals surface area (Å²) in [7, 11) is -4.31. The Bertz CT molecular complexity index is 689. The first-order chi connectivity index (χ1) is 10.7. The van der Waals surface area contributed by atoms with Gasteiger partial charge in [-0.25, -0.2) is 8.42 Å². The van der Waals surface area contributed by atoms with Crippen LogP contribution in [0.25, 0.3) is 0 Å². The van der Waals surface area contributed by atoms with Crippen LogP contribution in [-0.4, -0.2) is 41.5 Å². The lowest BCUT2D eigenvalue weighted by Gasteiger charge is -2.37. The topological polar surface area (TPSA) is 70.5 Å². The molecule has 1 aliphatic heterocycles. The molecule has 2 heterocycles. The highest BCUT2D eigenvalue weighted by Crippen LogP contribution is 2.42. The second-order valence-electron chi connectivity index (χ2n) is 6.05. The molecule has 1 saturated heterocycles. The van der Waals surface area contributed by atoms with E-state index in [0.717, 1.165) is 29.4 Å². The molecule has 1 aliphatic carbocycles.